The molecule has 4 nitrogen and oxygen atoms in total. The van der Waals surface area contributed by atoms with Crippen molar-refractivity contribution in [1.29, 1.82) is 0 Å². The van der Waals surface area contributed by atoms with Crippen molar-refractivity contribution in [2.24, 2.45) is 0 Å². The van der Waals surface area contributed by atoms with Crippen LogP contribution in [-0.4, -0.2) is 16.1 Å². The van der Waals surface area contributed by atoms with E-state index in [1.165, 1.54) is 12.3 Å². The van der Waals surface area contributed by atoms with E-state index in [4.69, 9.17) is 0 Å². The minimum Gasteiger partial charge on any atom is -0.344 e. The molecule has 2 rings (SSSR count). The van der Waals surface area contributed by atoms with Gasteiger partial charge in [-0.2, -0.15) is 5.10 Å². The molecule has 1 heterocycles. The number of aryl methyl sites for hydroxylation is 1. The zero-order valence-electron chi connectivity index (χ0n) is 10.2. The van der Waals surface area contributed by atoms with Crippen LogP contribution in [0, 0.1) is 12.7 Å². The predicted octanol–water partition coefficient (Wildman–Crippen LogP) is 2.35. The highest BCUT2D eigenvalue weighted by molar-refractivity contribution is 5.92. The van der Waals surface area contributed by atoms with E-state index in [0.29, 0.717) is 11.3 Å². The van der Waals surface area contributed by atoms with Crippen molar-refractivity contribution in [2.45, 2.75) is 19.9 Å². The summed E-state index contributed by atoms with van der Waals surface area (Å²) in [5, 5.41) is 9.05. The third-order valence-corrected chi connectivity index (χ3v) is 2.79. The second-order valence-corrected chi connectivity index (χ2v) is 4.17. The maximum atomic E-state index is 13.4. The first-order valence-corrected chi connectivity index (χ1v) is 5.64. The second kappa shape index (κ2) is 5.00. The first kappa shape index (κ1) is 12.3. The van der Waals surface area contributed by atoms with Gasteiger partial charge in [0.25, 0.3) is 5.91 Å². The van der Waals surface area contributed by atoms with Gasteiger partial charge in [0.1, 0.15) is 11.5 Å². The molecule has 18 heavy (non-hydrogen) atoms. The highest BCUT2D eigenvalue weighted by Crippen LogP contribution is 2.16. The Bertz CT molecular complexity index is 551. The molecule has 1 unspecified atom stereocenters. The van der Waals surface area contributed by atoms with Gasteiger partial charge in [-0.25, -0.2) is 4.39 Å². The molecule has 1 aromatic carbocycles. The molecule has 0 saturated heterocycles. The van der Waals surface area contributed by atoms with Crippen LogP contribution in [0.1, 0.15) is 34.6 Å². The average molecular weight is 247 g/mol. The van der Waals surface area contributed by atoms with E-state index in [1.54, 1.807) is 32.0 Å². The largest absolute Gasteiger partial charge is 0.344 e. The summed E-state index contributed by atoms with van der Waals surface area (Å²) in [6.45, 7) is 3.51. The molecule has 0 aliphatic heterocycles. The Morgan fingerprint density at radius 2 is 2.22 bits per heavy atom. The predicted molar refractivity (Wildman–Crippen MR) is 65.6 cm³/mol. The SMILES string of the molecule is Cc1ccc(C(C)NC(=O)c2ccn[nH]2)cc1F. The van der Waals surface area contributed by atoms with Gasteiger partial charge in [0.2, 0.25) is 0 Å². The van der Waals surface area contributed by atoms with Crippen LogP contribution < -0.4 is 5.32 Å². The summed E-state index contributed by atoms with van der Waals surface area (Å²) in [5.74, 6) is -0.531. The first-order valence-electron chi connectivity index (χ1n) is 5.64. The molecule has 0 saturated carbocycles. The number of carbonyl (C=O) groups excluding carboxylic acids is 1. The summed E-state index contributed by atoms with van der Waals surface area (Å²) in [6.07, 6.45) is 1.51. The summed E-state index contributed by atoms with van der Waals surface area (Å²) < 4.78 is 13.4. The van der Waals surface area contributed by atoms with Crippen LogP contribution in [0.3, 0.4) is 0 Å². The highest BCUT2D eigenvalue weighted by atomic mass is 19.1. The van der Waals surface area contributed by atoms with Gasteiger partial charge in [-0.3, -0.25) is 9.89 Å². The average Bonchev–Trinajstić information content (AvgIpc) is 2.86. The topological polar surface area (TPSA) is 57.8 Å². The molecule has 1 amide bonds. The van der Waals surface area contributed by atoms with Crippen molar-refractivity contribution in [1.82, 2.24) is 15.5 Å². The Morgan fingerprint density at radius 3 is 2.83 bits per heavy atom. The molecule has 1 atom stereocenters. The van der Waals surface area contributed by atoms with Gasteiger partial charge in [-0.15, -0.1) is 0 Å². The number of hydrogen-bond acceptors (Lipinski definition) is 2. The first-order chi connectivity index (χ1) is 8.58. The molecule has 0 aliphatic carbocycles. The molecule has 0 aliphatic rings. The van der Waals surface area contributed by atoms with Crippen LogP contribution in [0.15, 0.2) is 30.5 Å². The van der Waals surface area contributed by atoms with Crippen LogP contribution in [0.2, 0.25) is 0 Å². The second-order valence-electron chi connectivity index (χ2n) is 4.17. The Hall–Kier alpha value is -2.17. The molecular formula is C13H14FN3O. The van der Waals surface area contributed by atoms with Gasteiger partial charge in [0, 0.05) is 6.20 Å². The number of amides is 1. The van der Waals surface area contributed by atoms with Crippen molar-refractivity contribution < 1.29 is 9.18 Å². The number of carbonyl (C=O) groups is 1. The molecule has 5 heteroatoms. The number of nitrogens with one attached hydrogen (secondary N) is 2. The van der Waals surface area contributed by atoms with Crippen LogP contribution >= 0.6 is 0 Å². The van der Waals surface area contributed by atoms with Crippen molar-refractivity contribution in [3.05, 3.63) is 53.1 Å². The molecule has 94 valence electrons. The molecule has 0 fully saturated rings. The number of halogens is 1. The van der Waals surface area contributed by atoms with E-state index in [1.807, 2.05) is 0 Å². The number of benzene rings is 1. The van der Waals surface area contributed by atoms with Crippen LogP contribution in [0.25, 0.3) is 0 Å². The number of rotatable bonds is 3. The van der Waals surface area contributed by atoms with Gasteiger partial charge < -0.3 is 5.32 Å². The number of aromatic nitrogens is 2. The minimum atomic E-state index is -0.268. The van der Waals surface area contributed by atoms with Crippen LogP contribution in [0.4, 0.5) is 4.39 Å². The summed E-state index contributed by atoms with van der Waals surface area (Å²) >= 11 is 0. The van der Waals surface area contributed by atoms with Gasteiger partial charge in [0.15, 0.2) is 0 Å². The zero-order valence-corrected chi connectivity index (χ0v) is 10.2. The molecule has 0 spiro atoms. The van der Waals surface area contributed by atoms with Gasteiger partial charge in [-0.05, 0) is 37.1 Å². The number of hydrogen-bond donors (Lipinski definition) is 2. The number of H-pyrrole nitrogens is 1. The third kappa shape index (κ3) is 2.56. The molecule has 0 bridgehead atoms. The molecule has 1 aromatic heterocycles. The fraction of sp³-hybridized carbons (Fsp3) is 0.231. The van der Waals surface area contributed by atoms with Crippen molar-refractivity contribution in [3.8, 4) is 0 Å². The summed E-state index contributed by atoms with van der Waals surface area (Å²) in [6, 6.07) is 6.25. The lowest BCUT2D eigenvalue weighted by atomic mass is 10.1. The maximum Gasteiger partial charge on any atom is 0.269 e. The maximum absolute atomic E-state index is 13.4. The van der Waals surface area contributed by atoms with E-state index in [0.717, 1.165) is 5.56 Å². The lowest BCUT2D eigenvalue weighted by Crippen LogP contribution is -2.27. The third-order valence-electron chi connectivity index (χ3n) is 2.79. The minimum absolute atomic E-state index is 0.263. The van der Waals surface area contributed by atoms with Crippen molar-refractivity contribution >= 4 is 5.91 Å². The van der Waals surface area contributed by atoms with Gasteiger partial charge in [0.05, 0.1) is 6.04 Å². The molecular weight excluding hydrogens is 233 g/mol. The molecule has 2 aromatic rings. The van der Waals surface area contributed by atoms with Crippen LogP contribution in [0.5, 0.6) is 0 Å². The Labute approximate surface area is 104 Å². The quantitative estimate of drug-likeness (QED) is 0.874. The van der Waals surface area contributed by atoms with Gasteiger partial charge >= 0.3 is 0 Å². The monoisotopic (exact) mass is 247 g/mol. The van der Waals surface area contributed by atoms with Gasteiger partial charge in [-0.1, -0.05) is 12.1 Å². The normalized spacial score (nSPS) is 12.2. The van der Waals surface area contributed by atoms with E-state index in [-0.39, 0.29) is 17.8 Å². The molecule has 2 N–H and O–H groups in total. The Morgan fingerprint density at radius 1 is 1.44 bits per heavy atom. The highest BCUT2D eigenvalue weighted by Gasteiger charge is 2.13. The lowest BCUT2D eigenvalue weighted by Gasteiger charge is -2.14. The summed E-state index contributed by atoms with van der Waals surface area (Å²) in [4.78, 5) is 11.8. The number of nitrogens with zero attached hydrogens (tertiary/aromatic N) is 1. The fourth-order valence-electron chi connectivity index (χ4n) is 1.62. The fourth-order valence-corrected chi connectivity index (χ4v) is 1.62. The van der Waals surface area contributed by atoms with Crippen molar-refractivity contribution in [3.63, 3.8) is 0 Å². The standard InChI is InChI=1S/C13H14FN3O/c1-8-3-4-10(7-11(8)14)9(2)16-13(18)12-5-6-15-17-12/h3-7,9H,1-2H3,(H,15,17)(H,16,18). The van der Waals surface area contributed by atoms with E-state index < -0.39 is 0 Å². The summed E-state index contributed by atoms with van der Waals surface area (Å²) in [5.41, 5.74) is 1.70. The lowest BCUT2D eigenvalue weighted by molar-refractivity contribution is 0.0934. The van der Waals surface area contributed by atoms with Crippen molar-refractivity contribution in [2.75, 3.05) is 0 Å². The summed E-state index contributed by atoms with van der Waals surface area (Å²) in [7, 11) is 0. The van der Waals surface area contributed by atoms with E-state index >= 15 is 0 Å². The number of aromatic amines is 1. The Kier molecular flexibility index (Phi) is 3.41. The van der Waals surface area contributed by atoms with E-state index in [9.17, 15) is 9.18 Å². The smallest absolute Gasteiger partial charge is 0.269 e. The van der Waals surface area contributed by atoms with Crippen LogP contribution in [-0.2, 0) is 0 Å². The molecule has 0 radical (unpaired) electrons. The zero-order chi connectivity index (χ0) is 13.1. The Balaban J connectivity index is 2.10. The van der Waals surface area contributed by atoms with E-state index in [2.05, 4.69) is 15.5 Å².